The Labute approximate surface area is 119 Å². The van der Waals surface area contributed by atoms with E-state index in [-0.39, 0.29) is 5.75 Å². The molecule has 3 rings (SSSR count). The highest BCUT2D eigenvalue weighted by Gasteiger charge is 2.12. The van der Waals surface area contributed by atoms with E-state index in [2.05, 4.69) is 9.72 Å². The number of ether oxygens (including phenoxy) is 1. The second-order valence-electron chi connectivity index (χ2n) is 4.67. The molecule has 0 aliphatic rings. The van der Waals surface area contributed by atoms with Crippen molar-refractivity contribution >= 4 is 10.9 Å². The first-order chi connectivity index (χ1) is 10.1. The maximum absolute atomic E-state index is 12.1. The monoisotopic (exact) mass is 289 g/mol. The van der Waals surface area contributed by atoms with Crippen LogP contribution in [0.15, 0.2) is 54.7 Å². The SMILES string of the molecule is OC(c1ccc(OC(F)F)cc1)c1ccc2[nH]ccc2c1. The fourth-order valence-corrected chi connectivity index (χ4v) is 2.27. The van der Waals surface area contributed by atoms with E-state index in [4.69, 9.17) is 0 Å². The van der Waals surface area contributed by atoms with Gasteiger partial charge in [0.2, 0.25) is 0 Å². The summed E-state index contributed by atoms with van der Waals surface area (Å²) in [7, 11) is 0. The summed E-state index contributed by atoms with van der Waals surface area (Å²) in [6, 6.07) is 13.5. The third kappa shape index (κ3) is 2.87. The first-order valence-corrected chi connectivity index (χ1v) is 6.43. The van der Waals surface area contributed by atoms with Crippen molar-refractivity contribution in [3.8, 4) is 5.75 Å². The molecule has 0 saturated carbocycles. The molecule has 0 fully saturated rings. The Morgan fingerprint density at radius 2 is 1.67 bits per heavy atom. The first-order valence-electron chi connectivity index (χ1n) is 6.43. The van der Waals surface area contributed by atoms with E-state index in [1.54, 1.807) is 12.1 Å². The number of aliphatic hydroxyl groups excluding tert-OH is 1. The number of hydrogen-bond donors (Lipinski definition) is 2. The molecule has 0 spiro atoms. The molecule has 1 aromatic heterocycles. The second-order valence-corrected chi connectivity index (χ2v) is 4.67. The third-order valence-corrected chi connectivity index (χ3v) is 3.31. The van der Waals surface area contributed by atoms with Crippen molar-refractivity contribution in [3.05, 3.63) is 65.9 Å². The normalized spacial score (nSPS) is 12.8. The van der Waals surface area contributed by atoms with Gasteiger partial charge in [0.05, 0.1) is 0 Å². The summed E-state index contributed by atoms with van der Waals surface area (Å²) in [5.74, 6) is 0.0713. The molecule has 108 valence electrons. The number of alkyl halides is 2. The van der Waals surface area contributed by atoms with Crippen molar-refractivity contribution in [2.75, 3.05) is 0 Å². The number of nitrogens with one attached hydrogen (secondary N) is 1. The lowest BCUT2D eigenvalue weighted by molar-refractivity contribution is -0.0498. The number of aliphatic hydroxyl groups is 1. The topological polar surface area (TPSA) is 45.2 Å². The zero-order valence-electron chi connectivity index (χ0n) is 11.0. The number of rotatable bonds is 4. The zero-order valence-corrected chi connectivity index (χ0v) is 11.0. The van der Waals surface area contributed by atoms with Crippen LogP contribution in [0.3, 0.4) is 0 Å². The van der Waals surface area contributed by atoms with Gasteiger partial charge in [-0.1, -0.05) is 18.2 Å². The number of aromatic nitrogens is 1. The Balaban J connectivity index is 1.84. The lowest BCUT2D eigenvalue weighted by Crippen LogP contribution is -2.03. The van der Waals surface area contributed by atoms with Crippen molar-refractivity contribution in [1.29, 1.82) is 0 Å². The maximum atomic E-state index is 12.1. The van der Waals surface area contributed by atoms with Crippen LogP contribution in [0.25, 0.3) is 10.9 Å². The van der Waals surface area contributed by atoms with E-state index < -0.39 is 12.7 Å². The summed E-state index contributed by atoms with van der Waals surface area (Å²) in [6.07, 6.45) is 1.02. The number of H-pyrrole nitrogens is 1. The van der Waals surface area contributed by atoms with E-state index in [0.29, 0.717) is 5.56 Å². The fourth-order valence-electron chi connectivity index (χ4n) is 2.27. The van der Waals surface area contributed by atoms with Crippen molar-refractivity contribution in [1.82, 2.24) is 4.98 Å². The lowest BCUT2D eigenvalue weighted by Gasteiger charge is -2.12. The van der Waals surface area contributed by atoms with Gasteiger partial charge < -0.3 is 14.8 Å². The maximum Gasteiger partial charge on any atom is 0.387 e. The van der Waals surface area contributed by atoms with E-state index in [1.807, 2.05) is 30.5 Å². The summed E-state index contributed by atoms with van der Waals surface area (Å²) >= 11 is 0. The zero-order chi connectivity index (χ0) is 14.8. The Kier molecular flexibility index (Phi) is 3.58. The Morgan fingerprint density at radius 3 is 2.38 bits per heavy atom. The molecule has 0 radical (unpaired) electrons. The smallest absolute Gasteiger partial charge is 0.387 e. The van der Waals surface area contributed by atoms with Gasteiger partial charge in [-0.05, 0) is 46.8 Å². The van der Waals surface area contributed by atoms with Crippen LogP contribution < -0.4 is 4.74 Å². The third-order valence-electron chi connectivity index (χ3n) is 3.31. The van der Waals surface area contributed by atoms with Crippen LogP contribution in [-0.2, 0) is 0 Å². The number of halogens is 2. The van der Waals surface area contributed by atoms with Crippen LogP contribution in [0, 0.1) is 0 Å². The molecule has 2 N–H and O–H groups in total. The summed E-state index contributed by atoms with van der Waals surface area (Å²) in [4.78, 5) is 3.08. The van der Waals surface area contributed by atoms with Crippen LogP contribution in [0.5, 0.6) is 5.75 Å². The molecule has 0 aliphatic carbocycles. The highest BCUT2D eigenvalue weighted by Crippen LogP contribution is 2.26. The Hall–Kier alpha value is -2.40. The molecule has 0 bridgehead atoms. The van der Waals surface area contributed by atoms with Crippen LogP contribution in [0.4, 0.5) is 8.78 Å². The molecule has 3 aromatic rings. The minimum atomic E-state index is -2.85. The van der Waals surface area contributed by atoms with Crippen molar-refractivity contribution in [3.63, 3.8) is 0 Å². The number of hydrogen-bond acceptors (Lipinski definition) is 2. The predicted molar refractivity (Wildman–Crippen MR) is 75.4 cm³/mol. The molecule has 0 aliphatic heterocycles. The molecule has 2 aromatic carbocycles. The standard InChI is InChI=1S/C16H13F2NO2/c17-16(18)21-13-4-1-10(2-5-13)15(20)12-3-6-14-11(9-12)7-8-19-14/h1-9,15-16,19-20H. The minimum absolute atomic E-state index is 0.0713. The van der Waals surface area contributed by atoms with Crippen LogP contribution in [0.2, 0.25) is 0 Å². The largest absolute Gasteiger partial charge is 0.435 e. The van der Waals surface area contributed by atoms with Gasteiger partial charge in [0.1, 0.15) is 11.9 Å². The Bertz CT molecular complexity index is 737. The van der Waals surface area contributed by atoms with E-state index >= 15 is 0 Å². The molecule has 1 heterocycles. The summed E-state index contributed by atoms with van der Waals surface area (Å²) in [6.45, 7) is -2.85. The predicted octanol–water partition coefficient (Wildman–Crippen LogP) is 3.85. The van der Waals surface area contributed by atoms with Crippen molar-refractivity contribution < 1.29 is 18.6 Å². The molecule has 0 saturated heterocycles. The Morgan fingerprint density at radius 1 is 0.952 bits per heavy atom. The highest BCUT2D eigenvalue weighted by molar-refractivity contribution is 5.80. The van der Waals surface area contributed by atoms with Gasteiger partial charge in [0.25, 0.3) is 0 Å². The van der Waals surface area contributed by atoms with E-state index in [9.17, 15) is 13.9 Å². The fraction of sp³-hybridized carbons (Fsp3) is 0.125. The van der Waals surface area contributed by atoms with Crippen molar-refractivity contribution in [2.24, 2.45) is 0 Å². The molecular formula is C16H13F2NO2. The molecule has 1 atom stereocenters. The van der Waals surface area contributed by atoms with Gasteiger partial charge in [-0.3, -0.25) is 0 Å². The van der Waals surface area contributed by atoms with Gasteiger partial charge in [-0.2, -0.15) is 8.78 Å². The molecule has 0 amide bonds. The number of benzene rings is 2. The summed E-state index contributed by atoms with van der Waals surface area (Å²) in [5, 5.41) is 11.4. The number of aromatic amines is 1. The van der Waals surface area contributed by atoms with Crippen LogP contribution >= 0.6 is 0 Å². The quantitative estimate of drug-likeness (QED) is 0.766. The van der Waals surface area contributed by atoms with Crippen LogP contribution in [0.1, 0.15) is 17.2 Å². The second kappa shape index (κ2) is 5.54. The molecular weight excluding hydrogens is 276 g/mol. The summed E-state index contributed by atoms with van der Waals surface area (Å²) < 4.78 is 28.5. The molecule has 3 nitrogen and oxygen atoms in total. The van der Waals surface area contributed by atoms with Gasteiger partial charge >= 0.3 is 6.61 Å². The average Bonchev–Trinajstić information content (AvgIpc) is 2.94. The van der Waals surface area contributed by atoms with Crippen LogP contribution in [-0.4, -0.2) is 16.7 Å². The molecule has 5 heteroatoms. The van der Waals surface area contributed by atoms with E-state index in [1.165, 1.54) is 12.1 Å². The van der Waals surface area contributed by atoms with E-state index in [0.717, 1.165) is 16.5 Å². The van der Waals surface area contributed by atoms with Gasteiger partial charge in [-0.15, -0.1) is 0 Å². The van der Waals surface area contributed by atoms with Gasteiger partial charge in [0, 0.05) is 11.7 Å². The van der Waals surface area contributed by atoms with Crippen molar-refractivity contribution in [2.45, 2.75) is 12.7 Å². The van der Waals surface area contributed by atoms with Gasteiger partial charge in [0.15, 0.2) is 0 Å². The summed E-state index contributed by atoms with van der Waals surface area (Å²) in [5.41, 5.74) is 2.35. The molecule has 21 heavy (non-hydrogen) atoms. The minimum Gasteiger partial charge on any atom is -0.435 e. The average molecular weight is 289 g/mol. The van der Waals surface area contributed by atoms with Gasteiger partial charge in [-0.25, -0.2) is 0 Å². The molecule has 1 unspecified atom stereocenters. The number of fused-ring (bicyclic) bond motifs is 1. The lowest BCUT2D eigenvalue weighted by atomic mass is 10.0. The highest BCUT2D eigenvalue weighted by atomic mass is 19.3. The first kappa shape index (κ1) is 13.6.